The van der Waals surface area contributed by atoms with Crippen molar-refractivity contribution < 1.29 is 13.5 Å². The molecule has 0 saturated carbocycles. The molecule has 0 amide bonds. The van der Waals surface area contributed by atoms with Crippen molar-refractivity contribution in [3.05, 3.63) is 71.8 Å². The van der Waals surface area contributed by atoms with Crippen LogP contribution in [0.1, 0.15) is 18.1 Å². The zero-order valence-electron chi connectivity index (χ0n) is 13.8. The molecule has 130 valence electrons. The van der Waals surface area contributed by atoms with Crippen LogP contribution in [0.3, 0.4) is 0 Å². The van der Waals surface area contributed by atoms with Crippen LogP contribution in [-0.2, 0) is 23.3 Å². The van der Waals surface area contributed by atoms with Crippen molar-refractivity contribution in [3.63, 3.8) is 0 Å². The Hall–Kier alpha value is -1.73. The zero-order valence-corrected chi connectivity index (χ0v) is 14.6. The molecule has 5 nitrogen and oxygen atoms in total. The van der Waals surface area contributed by atoms with Crippen LogP contribution in [0, 0.1) is 5.92 Å². The molecule has 1 atom stereocenters. The number of nitrogens with zero attached hydrogens (tertiary/aromatic N) is 1. The predicted molar refractivity (Wildman–Crippen MR) is 95.3 cm³/mol. The Morgan fingerprint density at radius 2 is 1.54 bits per heavy atom. The van der Waals surface area contributed by atoms with E-state index in [1.807, 2.05) is 67.6 Å². The van der Waals surface area contributed by atoms with E-state index in [1.54, 1.807) is 0 Å². The number of rotatable bonds is 9. The molecule has 2 rings (SSSR count). The summed E-state index contributed by atoms with van der Waals surface area (Å²) in [7, 11) is -3.65. The third kappa shape index (κ3) is 5.72. The Labute approximate surface area is 144 Å². The zero-order chi connectivity index (χ0) is 17.4. The van der Waals surface area contributed by atoms with Crippen LogP contribution in [0.2, 0.25) is 0 Å². The van der Waals surface area contributed by atoms with Crippen molar-refractivity contribution >= 4 is 10.2 Å². The van der Waals surface area contributed by atoms with Crippen LogP contribution in [0.5, 0.6) is 0 Å². The van der Waals surface area contributed by atoms with Gasteiger partial charge in [0.15, 0.2) is 0 Å². The molecule has 0 unspecified atom stereocenters. The average molecular weight is 348 g/mol. The normalized spacial score (nSPS) is 13.1. The van der Waals surface area contributed by atoms with Gasteiger partial charge in [-0.15, -0.1) is 0 Å². The van der Waals surface area contributed by atoms with E-state index in [1.165, 1.54) is 4.31 Å². The molecule has 2 aromatic rings. The van der Waals surface area contributed by atoms with Gasteiger partial charge < -0.3 is 5.11 Å². The highest BCUT2D eigenvalue weighted by Gasteiger charge is 2.23. The van der Waals surface area contributed by atoms with Gasteiger partial charge >= 0.3 is 0 Å². The van der Waals surface area contributed by atoms with Gasteiger partial charge in [-0.2, -0.15) is 17.4 Å². The number of aliphatic hydroxyl groups is 1. The molecule has 0 spiro atoms. The smallest absolute Gasteiger partial charge is 0.280 e. The molecular weight excluding hydrogens is 324 g/mol. The van der Waals surface area contributed by atoms with E-state index >= 15 is 0 Å². The van der Waals surface area contributed by atoms with Gasteiger partial charge in [-0.1, -0.05) is 67.6 Å². The monoisotopic (exact) mass is 348 g/mol. The fourth-order valence-electron chi connectivity index (χ4n) is 2.30. The minimum atomic E-state index is -3.65. The van der Waals surface area contributed by atoms with Gasteiger partial charge in [0.25, 0.3) is 10.2 Å². The predicted octanol–water partition coefficient (Wildman–Crippen LogP) is 2.15. The van der Waals surface area contributed by atoms with E-state index in [2.05, 4.69) is 4.72 Å². The lowest BCUT2D eigenvalue weighted by Crippen LogP contribution is -2.42. The standard InChI is InChI=1S/C18H24N2O3S/c1-16(15-21)13-20(14-18-10-6-3-7-11-18)24(22,23)19-12-17-8-4-2-5-9-17/h2-11,16,19,21H,12-15H2,1H3/t16-/m0/s1. The van der Waals surface area contributed by atoms with Gasteiger partial charge in [0.1, 0.15) is 0 Å². The summed E-state index contributed by atoms with van der Waals surface area (Å²) in [6, 6.07) is 18.8. The van der Waals surface area contributed by atoms with Crippen molar-refractivity contribution in [3.8, 4) is 0 Å². The van der Waals surface area contributed by atoms with E-state index < -0.39 is 10.2 Å². The number of benzene rings is 2. The number of nitrogens with one attached hydrogen (secondary N) is 1. The van der Waals surface area contributed by atoms with Gasteiger partial charge in [0.2, 0.25) is 0 Å². The second-order valence-electron chi connectivity index (χ2n) is 5.88. The molecule has 0 bridgehead atoms. The van der Waals surface area contributed by atoms with E-state index in [4.69, 9.17) is 0 Å². The molecule has 0 saturated heterocycles. The Morgan fingerprint density at radius 1 is 1.00 bits per heavy atom. The lowest BCUT2D eigenvalue weighted by atomic mass is 10.2. The van der Waals surface area contributed by atoms with Gasteiger partial charge in [-0.05, 0) is 17.0 Å². The summed E-state index contributed by atoms with van der Waals surface area (Å²) < 4.78 is 29.4. The number of aliphatic hydroxyl groups excluding tert-OH is 1. The van der Waals surface area contributed by atoms with Crippen molar-refractivity contribution in [1.29, 1.82) is 0 Å². The maximum Gasteiger partial charge on any atom is 0.280 e. The number of hydrogen-bond acceptors (Lipinski definition) is 3. The molecule has 6 heteroatoms. The first-order valence-corrected chi connectivity index (χ1v) is 9.38. The van der Waals surface area contributed by atoms with Gasteiger partial charge in [-0.3, -0.25) is 0 Å². The van der Waals surface area contributed by atoms with Crippen molar-refractivity contribution in [1.82, 2.24) is 9.03 Å². The summed E-state index contributed by atoms with van der Waals surface area (Å²) in [5.41, 5.74) is 1.81. The van der Waals surface area contributed by atoms with Crippen LogP contribution in [0.15, 0.2) is 60.7 Å². The molecule has 2 aromatic carbocycles. The van der Waals surface area contributed by atoms with E-state index in [9.17, 15) is 13.5 Å². The summed E-state index contributed by atoms with van der Waals surface area (Å²) in [4.78, 5) is 0. The fourth-order valence-corrected chi connectivity index (χ4v) is 3.60. The van der Waals surface area contributed by atoms with Crippen molar-refractivity contribution in [2.24, 2.45) is 5.92 Å². The molecule has 0 aliphatic rings. The molecule has 2 N–H and O–H groups in total. The fraction of sp³-hybridized carbons (Fsp3) is 0.333. The van der Waals surface area contributed by atoms with Gasteiger partial charge in [-0.25, -0.2) is 0 Å². The molecule has 24 heavy (non-hydrogen) atoms. The Balaban J connectivity index is 2.11. The lowest BCUT2D eigenvalue weighted by molar-refractivity contribution is 0.210. The Kier molecular flexibility index (Phi) is 6.93. The second kappa shape index (κ2) is 8.94. The molecule has 0 radical (unpaired) electrons. The van der Waals surface area contributed by atoms with Crippen LogP contribution >= 0.6 is 0 Å². The molecule has 0 heterocycles. The van der Waals surface area contributed by atoms with E-state index in [0.29, 0.717) is 0 Å². The molecule has 0 aliphatic carbocycles. The summed E-state index contributed by atoms with van der Waals surface area (Å²) in [5.74, 6) is -0.137. The van der Waals surface area contributed by atoms with Crippen LogP contribution in [-0.4, -0.2) is 31.0 Å². The third-order valence-electron chi connectivity index (χ3n) is 3.67. The molecule has 0 aromatic heterocycles. The van der Waals surface area contributed by atoms with Crippen molar-refractivity contribution in [2.45, 2.75) is 20.0 Å². The Bertz CT molecular complexity index is 706. The third-order valence-corrected chi connectivity index (χ3v) is 5.14. The van der Waals surface area contributed by atoms with E-state index in [0.717, 1.165) is 11.1 Å². The summed E-state index contributed by atoms with van der Waals surface area (Å²) >= 11 is 0. The molecule has 0 fully saturated rings. The quantitative estimate of drug-likeness (QED) is 0.729. The highest BCUT2D eigenvalue weighted by molar-refractivity contribution is 7.87. The average Bonchev–Trinajstić information content (AvgIpc) is 2.61. The summed E-state index contributed by atoms with van der Waals surface area (Å²) in [5, 5.41) is 9.28. The summed E-state index contributed by atoms with van der Waals surface area (Å²) in [6.07, 6.45) is 0. The minimum absolute atomic E-state index is 0.0561. The topological polar surface area (TPSA) is 69.6 Å². The maximum absolute atomic E-state index is 12.7. The minimum Gasteiger partial charge on any atom is -0.396 e. The maximum atomic E-state index is 12.7. The van der Waals surface area contributed by atoms with Crippen LogP contribution in [0.4, 0.5) is 0 Å². The van der Waals surface area contributed by atoms with Crippen LogP contribution in [0.25, 0.3) is 0 Å². The first kappa shape index (κ1) is 18.6. The highest BCUT2D eigenvalue weighted by Crippen LogP contribution is 2.12. The van der Waals surface area contributed by atoms with Crippen LogP contribution < -0.4 is 4.72 Å². The molecule has 0 aliphatic heterocycles. The number of hydrogen-bond donors (Lipinski definition) is 2. The van der Waals surface area contributed by atoms with Gasteiger partial charge in [0, 0.05) is 26.2 Å². The van der Waals surface area contributed by atoms with Crippen molar-refractivity contribution in [2.75, 3.05) is 13.2 Å². The first-order chi connectivity index (χ1) is 11.5. The lowest BCUT2D eigenvalue weighted by Gasteiger charge is -2.25. The summed E-state index contributed by atoms with van der Waals surface area (Å²) in [6.45, 7) is 2.54. The molecular formula is C18H24N2O3S. The second-order valence-corrected chi connectivity index (χ2v) is 7.63. The Morgan fingerprint density at radius 3 is 2.08 bits per heavy atom. The largest absolute Gasteiger partial charge is 0.396 e. The first-order valence-electron chi connectivity index (χ1n) is 7.94. The van der Waals surface area contributed by atoms with E-state index in [-0.39, 0.29) is 32.2 Å². The highest BCUT2D eigenvalue weighted by atomic mass is 32.2. The van der Waals surface area contributed by atoms with Gasteiger partial charge in [0.05, 0.1) is 0 Å². The SMILES string of the molecule is C[C@H](CO)CN(Cc1ccccc1)S(=O)(=O)NCc1ccccc1.